The Morgan fingerprint density at radius 2 is 2.00 bits per heavy atom. The molecule has 0 aromatic carbocycles. The molecule has 0 N–H and O–H groups in total. The minimum Gasteiger partial charge on any atom is -0.186 e. The highest BCUT2D eigenvalue weighted by atomic mass is 31.0. The molecule has 5 heavy (non-hydrogen) atoms. The summed E-state index contributed by atoms with van der Waals surface area (Å²) in [5.41, 5.74) is 0. The van der Waals surface area contributed by atoms with Crippen LogP contribution in [-0.2, 0) is 0 Å². The van der Waals surface area contributed by atoms with Crippen molar-refractivity contribution < 1.29 is 0 Å². The maximum absolute atomic E-state index is 2.66. The van der Waals surface area contributed by atoms with Crippen molar-refractivity contribution in [3.8, 4) is 0 Å². The monoisotopic (exact) mass is 103 g/mol. The van der Waals surface area contributed by atoms with Gasteiger partial charge in [-0.15, -0.1) is 0 Å². The average molecular weight is 103 g/mol. The summed E-state index contributed by atoms with van der Waals surface area (Å²) >= 11 is 0. The molecule has 0 aromatic rings. The lowest BCUT2D eigenvalue weighted by molar-refractivity contribution is 2.35. The molecular formula is CH7B2P2. The lowest BCUT2D eigenvalue weighted by Gasteiger charge is -1.82. The Labute approximate surface area is 39.1 Å². The molecule has 2 atom stereocenters. The van der Waals surface area contributed by atoms with Gasteiger partial charge in [0.2, 0.25) is 0 Å². The minimum absolute atomic E-state index is 0.639. The van der Waals surface area contributed by atoms with Gasteiger partial charge in [0.25, 0.3) is 0 Å². The second-order valence-corrected chi connectivity index (χ2v) is 2.49. The first-order valence-corrected chi connectivity index (χ1v) is 2.91. The zero-order valence-electron chi connectivity index (χ0n) is 3.31. The molecule has 1 radical (unpaired) electrons. The van der Waals surface area contributed by atoms with Crippen LogP contribution in [0.2, 0.25) is 6.82 Å². The van der Waals surface area contributed by atoms with Crippen molar-refractivity contribution in [1.29, 1.82) is 0 Å². The van der Waals surface area contributed by atoms with Crippen molar-refractivity contribution in [2.45, 2.75) is 6.82 Å². The third kappa shape index (κ3) is 4.99. The van der Waals surface area contributed by atoms with Gasteiger partial charge in [0.1, 0.15) is 13.2 Å². The molecular weight excluding hydrogens is 95.6 g/mol. The Morgan fingerprint density at radius 3 is 2.00 bits per heavy atom. The largest absolute Gasteiger partial charge is 0.186 e. The summed E-state index contributed by atoms with van der Waals surface area (Å²) in [6.07, 6.45) is 0.639. The summed E-state index contributed by atoms with van der Waals surface area (Å²) in [5, 5.41) is 0. The van der Waals surface area contributed by atoms with E-state index in [1.807, 2.05) is 6.89 Å². The van der Waals surface area contributed by atoms with Crippen molar-refractivity contribution >= 4 is 31.4 Å². The molecule has 0 aliphatic heterocycles. The first kappa shape index (κ1) is 5.99. The fraction of sp³-hybridized carbons (Fsp3) is 1.00. The van der Waals surface area contributed by atoms with Crippen LogP contribution in [0.1, 0.15) is 0 Å². The summed E-state index contributed by atoms with van der Waals surface area (Å²) in [6.45, 7) is 4.16. The lowest BCUT2D eigenvalue weighted by atomic mass is 9.54. The van der Waals surface area contributed by atoms with Crippen molar-refractivity contribution in [2.75, 3.05) is 0 Å². The van der Waals surface area contributed by atoms with Crippen molar-refractivity contribution in [1.82, 2.24) is 0 Å². The standard InChI is InChI=1S/CH7B2P2/c1-3(5)2-4/h4-5H2,1H3. The topological polar surface area (TPSA) is 0 Å². The average Bonchev–Trinajstić information content (AvgIpc) is 1.38. The Bertz CT molecular complexity index is 21.6. The van der Waals surface area contributed by atoms with Crippen LogP contribution >= 0.6 is 18.2 Å². The van der Waals surface area contributed by atoms with Gasteiger partial charge in [-0.05, 0) is 0 Å². The van der Waals surface area contributed by atoms with Crippen LogP contribution < -0.4 is 0 Å². The van der Waals surface area contributed by atoms with E-state index in [4.69, 9.17) is 0 Å². The molecule has 0 aliphatic rings. The molecule has 0 fully saturated rings. The number of hydrogen-bond donors (Lipinski definition) is 0. The van der Waals surface area contributed by atoms with E-state index in [2.05, 4.69) is 25.1 Å². The third-order valence-corrected chi connectivity index (χ3v) is 1.58. The van der Waals surface area contributed by atoms with Crippen LogP contribution in [0.3, 0.4) is 0 Å². The van der Waals surface area contributed by atoms with Crippen LogP contribution in [0.15, 0.2) is 0 Å². The Kier molecular flexibility index (Phi) is 3.82. The van der Waals surface area contributed by atoms with E-state index in [9.17, 15) is 0 Å². The lowest BCUT2D eigenvalue weighted by Crippen LogP contribution is -1.98. The van der Waals surface area contributed by atoms with Crippen LogP contribution in [0.5, 0.6) is 0 Å². The van der Waals surface area contributed by atoms with E-state index in [1.54, 1.807) is 0 Å². The molecule has 0 heterocycles. The first-order valence-electron chi connectivity index (χ1n) is 1.58. The first-order chi connectivity index (χ1) is 2.27. The Morgan fingerprint density at radius 1 is 1.80 bits per heavy atom. The van der Waals surface area contributed by atoms with Crippen LogP contribution in [-0.4, -0.2) is 13.2 Å². The normalized spacial score (nSPS) is 7.00. The summed E-state index contributed by atoms with van der Waals surface area (Å²) in [4.78, 5) is 0. The Hall–Kier alpha value is 0.990. The molecule has 2 unspecified atom stereocenters. The minimum atomic E-state index is 0.639. The maximum atomic E-state index is 2.66. The number of hydrogen-bond acceptors (Lipinski definition) is 0. The number of rotatable bonds is 1. The molecule has 0 aromatic heterocycles. The third-order valence-electron chi connectivity index (χ3n) is 0.304. The summed E-state index contributed by atoms with van der Waals surface area (Å²) in [7, 11) is 5.21. The van der Waals surface area contributed by atoms with Gasteiger partial charge in [-0.1, -0.05) is 6.82 Å². The van der Waals surface area contributed by atoms with Crippen molar-refractivity contribution in [3.63, 3.8) is 0 Å². The van der Waals surface area contributed by atoms with E-state index in [0.717, 1.165) is 0 Å². The SMILES string of the molecule is CB(P)[B]P. The summed E-state index contributed by atoms with van der Waals surface area (Å²) in [6, 6.07) is 0. The van der Waals surface area contributed by atoms with E-state index >= 15 is 0 Å². The zero-order valence-corrected chi connectivity index (χ0v) is 5.62. The van der Waals surface area contributed by atoms with E-state index in [0.29, 0.717) is 6.32 Å². The van der Waals surface area contributed by atoms with Crippen molar-refractivity contribution in [2.24, 2.45) is 0 Å². The molecule has 0 nitrogen and oxygen atoms in total. The molecule has 0 saturated carbocycles. The van der Waals surface area contributed by atoms with Gasteiger partial charge in [0.05, 0.1) is 0 Å². The summed E-state index contributed by atoms with van der Waals surface area (Å²) < 4.78 is 0. The molecule has 4 heteroatoms. The highest BCUT2D eigenvalue weighted by Crippen LogP contribution is 1.91. The zero-order chi connectivity index (χ0) is 4.28. The smallest absolute Gasteiger partial charge is 0.126 e. The fourth-order valence-electron chi connectivity index (χ4n) is 0. The molecule has 0 rings (SSSR count). The Balaban J connectivity index is 2.54. The second kappa shape index (κ2) is 3.19. The van der Waals surface area contributed by atoms with Gasteiger partial charge in [0.15, 0.2) is 0 Å². The fourth-order valence-corrected chi connectivity index (χ4v) is 0. The molecule has 0 amide bonds. The van der Waals surface area contributed by atoms with E-state index in [1.165, 1.54) is 0 Å². The highest BCUT2D eigenvalue weighted by molar-refractivity contribution is 7.89. The predicted molar refractivity (Wildman–Crippen MR) is 36.8 cm³/mol. The van der Waals surface area contributed by atoms with Crippen molar-refractivity contribution in [3.05, 3.63) is 0 Å². The molecule has 0 spiro atoms. The second-order valence-electron chi connectivity index (χ2n) is 1.05. The van der Waals surface area contributed by atoms with Gasteiger partial charge >= 0.3 is 0 Å². The van der Waals surface area contributed by atoms with Crippen LogP contribution in [0.25, 0.3) is 0 Å². The van der Waals surface area contributed by atoms with Crippen LogP contribution in [0, 0.1) is 0 Å². The van der Waals surface area contributed by atoms with Gasteiger partial charge in [-0.25, -0.2) is 0 Å². The van der Waals surface area contributed by atoms with Gasteiger partial charge in [-0.2, -0.15) is 18.2 Å². The molecule has 0 aliphatic carbocycles. The summed E-state index contributed by atoms with van der Waals surface area (Å²) in [5.74, 6) is 0. The van der Waals surface area contributed by atoms with E-state index < -0.39 is 0 Å². The van der Waals surface area contributed by atoms with Gasteiger partial charge in [0, 0.05) is 0 Å². The highest BCUT2D eigenvalue weighted by Gasteiger charge is 1.89. The maximum Gasteiger partial charge on any atom is 0.126 e. The molecule has 27 valence electrons. The molecule has 0 bridgehead atoms. The van der Waals surface area contributed by atoms with Gasteiger partial charge in [-0.3, -0.25) is 0 Å². The molecule has 0 saturated heterocycles. The quantitative estimate of drug-likeness (QED) is 0.334. The van der Waals surface area contributed by atoms with E-state index in [-0.39, 0.29) is 0 Å². The predicted octanol–water partition coefficient (Wildman–Crippen LogP) is 0.474. The van der Waals surface area contributed by atoms with Crippen LogP contribution in [0.4, 0.5) is 0 Å². The van der Waals surface area contributed by atoms with Gasteiger partial charge < -0.3 is 0 Å².